The third-order valence-electron chi connectivity index (χ3n) is 3.40. The Balaban J connectivity index is 2.39. The number of anilines is 1. The summed E-state index contributed by atoms with van der Waals surface area (Å²) in [6.45, 7) is 1.78. The van der Waals surface area contributed by atoms with E-state index in [-0.39, 0.29) is 12.7 Å². The summed E-state index contributed by atoms with van der Waals surface area (Å²) in [6.07, 6.45) is 2.35. The van der Waals surface area contributed by atoms with Crippen molar-refractivity contribution < 1.29 is 23.5 Å². The number of imidazole rings is 1. The van der Waals surface area contributed by atoms with E-state index >= 15 is 0 Å². The predicted octanol–water partition coefficient (Wildman–Crippen LogP) is 2.59. The summed E-state index contributed by atoms with van der Waals surface area (Å²) in [7, 11) is -2.94. The first-order valence-corrected chi connectivity index (χ1v) is 9.08. The number of hydrogen-bond acceptors (Lipinski definition) is 5. The largest absolute Gasteiger partial charge is 0.453 e. The molecule has 0 aliphatic heterocycles. The third kappa shape index (κ3) is 4.78. The average Bonchev–Trinajstić information content (AvgIpc) is 2.86. The van der Waals surface area contributed by atoms with Gasteiger partial charge in [-0.3, -0.25) is 14.4 Å². The molecule has 9 nitrogen and oxygen atoms in total. The molecule has 132 valence electrons. The van der Waals surface area contributed by atoms with Crippen LogP contribution in [0.25, 0.3) is 11.0 Å². The van der Waals surface area contributed by atoms with Gasteiger partial charge < -0.3 is 9.63 Å². The fourth-order valence-electron chi connectivity index (χ4n) is 2.22. The predicted molar refractivity (Wildman–Crippen MR) is 89.5 cm³/mol. The molecule has 24 heavy (non-hydrogen) atoms. The quantitative estimate of drug-likeness (QED) is 0.650. The Morgan fingerprint density at radius 1 is 1.50 bits per heavy atom. The Hall–Kier alpha value is -1.93. The standard InChI is InChI=1S/C14H21N4O5P/c1-3-4-5-10-6-7-12-11(8-10)16-13(17-14(19)22-2)18(12)9-23-24(15,20)21/h6-8H,3-5,9H2,1-2H3,(H3,15,20,21)(H,16,17,19). The summed E-state index contributed by atoms with van der Waals surface area (Å²) < 4.78 is 21.9. The SMILES string of the molecule is CCCCc1ccc2c(c1)nc(NC(=O)OC)n2COP(N)(=O)O. The zero-order chi connectivity index (χ0) is 17.7. The molecule has 1 atom stereocenters. The number of nitrogens with zero attached hydrogens (tertiary/aromatic N) is 2. The molecule has 0 saturated carbocycles. The van der Waals surface area contributed by atoms with Gasteiger partial charge in [0.2, 0.25) is 5.95 Å². The molecule has 0 aliphatic rings. The lowest BCUT2D eigenvalue weighted by Crippen LogP contribution is -2.16. The molecule has 0 radical (unpaired) electrons. The maximum atomic E-state index is 11.5. The molecule has 10 heteroatoms. The van der Waals surface area contributed by atoms with Crippen LogP contribution < -0.4 is 10.8 Å². The van der Waals surface area contributed by atoms with Gasteiger partial charge in [-0.1, -0.05) is 19.4 Å². The van der Waals surface area contributed by atoms with Gasteiger partial charge in [-0.05, 0) is 30.5 Å². The van der Waals surface area contributed by atoms with Crippen LogP contribution in [0.2, 0.25) is 0 Å². The molecule has 1 heterocycles. The van der Waals surface area contributed by atoms with E-state index in [2.05, 4.69) is 22.0 Å². The van der Waals surface area contributed by atoms with Crippen LogP contribution in [0.15, 0.2) is 18.2 Å². The van der Waals surface area contributed by atoms with E-state index in [0.29, 0.717) is 11.0 Å². The van der Waals surface area contributed by atoms with Gasteiger partial charge in [-0.15, -0.1) is 0 Å². The number of hydrogen-bond donors (Lipinski definition) is 3. The van der Waals surface area contributed by atoms with Crippen molar-refractivity contribution in [2.24, 2.45) is 5.50 Å². The Morgan fingerprint density at radius 2 is 2.25 bits per heavy atom. The number of ether oxygens (including phenoxy) is 1. The van der Waals surface area contributed by atoms with Gasteiger partial charge in [0.05, 0.1) is 18.1 Å². The van der Waals surface area contributed by atoms with Gasteiger partial charge in [0, 0.05) is 0 Å². The van der Waals surface area contributed by atoms with Crippen LogP contribution in [0.3, 0.4) is 0 Å². The Labute approximate surface area is 139 Å². The number of fused-ring (bicyclic) bond motifs is 1. The van der Waals surface area contributed by atoms with E-state index < -0.39 is 13.8 Å². The summed E-state index contributed by atoms with van der Waals surface area (Å²) in [5, 5.41) is 2.45. The molecular weight excluding hydrogens is 335 g/mol. The fourth-order valence-corrected chi connectivity index (χ4v) is 2.50. The summed E-state index contributed by atoms with van der Waals surface area (Å²) in [5.74, 6) is 0.137. The van der Waals surface area contributed by atoms with Crippen LogP contribution in [-0.2, 0) is 27.0 Å². The van der Waals surface area contributed by atoms with Gasteiger partial charge in [-0.25, -0.2) is 19.8 Å². The van der Waals surface area contributed by atoms with Gasteiger partial charge >= 0.3 is 13.8 Å². The van der Waals surface area contributed by atoms with Crippen LogP contribution in [0.5, 0.6) is 0 Å². The highest BCUT2D eigenvalue weighted by Gasteiger charge is 2.18. The fraction of sp³-hybridized carbons (Fsp3) is 0.429. The van der Waals surface area contributed by atoms with Gasteiger partial charge in [0.15, 0.2) is 0 Å². The molecule has 2 aromatic rings. The lowest BCUT2D eigenvalue weighted by Gasteiger charge is -2.11. The zero-order valence-corrected chi connectivity index (χ0v) is 14.5. The van der Waals surface area contributed by atoms with E-state index in [1.165, 1.54) is 11.7 Å². The maximum Gasteiger partial charge on any atom is 0.413 e. The summed E-state index contributed by atoms with van der Waals surface area (Å²) in [5.41, 5.74) is 7.38. The number of carbonyl (C=O) groups excluding carboxylic acids is 1. The van der Waals surface area contributed by atoms with Crippen molar-refractivity contribution >= 4 is 30.8 Å². The lowest BCUT2D eigenvalue weighted by atomic mass is 10.1. The topological polar surface area (TPSA) is 129 Å². The maximum absolute atomic E-state index is 11.5. The second kappa shape index (κ2) is 7.76. The second-order valence-electron chi connectivity index (χ2n) is 5.23. The number of unbranched alkanes of at least 4 members (excludes halogenated alkanes) is 1. The normalized spacial score (nSPS) is 13.7. The van der Waals surface area contributed by atoms with E-state index in [9.17, 15) is 9.36 Å². The van der Waals surface area contributed by atoms with Crippen molar-refractivity contribution in [1.82, 2.24) is 9.55 Å². The number of aryl methyl sites for hydroxylation is 1. The van der Waals surface area contributed by atoms with Crippen molar-refractivity contribution in [3.63, 3.8) is 0 Å². The molecule has 4 N–H and O–H groups in total. The first-order chi connectivity index (χ1) is 11.3. The van der Waals surface area contributed by atoms with E-state index in [1.54, 1.807) is 0 Å². The van der Waals surface area contributed by atoms with Crippen molar-refractivity contribution in [2.45, 2.75) is 32.9 Å². The number of nitrogens with two attached hydrogens (primary N) is 1. The van der Waals surface area contributed by atoms with E-state index in [1.807, 2.05) is 18.2 Å². The van der Waals surface area contributed by atoms with Crippen LogP contribution in [0.1, 0.15) is 25.3 Å². The first-order valence-electron chi connectivity index (χ1n) is 7.44. The highest BCUT2D eigenvalue weighted by atomic mass is 31.2. The highest BCUT2D eigenvalue weighted by Crippen LogP contribution is 2.33. The number of nitrogens with one attached hydrogen (secondary N) is 1. The van der Waals surface area contributed by atoms with Crippen molar-refractivity contribution in [3.05, 3.63) is 23.8 Å². The van der Waals surface area contributed by atoms with Crippen LogP contribution in [-0.4, -0.2) is 27.6 Å². The first kappa shape index (κ1) is 18.4. The Morgan fingerprint density at radius 3 is 2.88 bits per heavy atom. The highest BCUT2D eigenvalue weighted by molar-refractivity contribution is 7.50. The van der Waals surface area contributed by atoms with Crippen LogP contribution >= 0.6 is 7.75 Å². The molecule has 0 fully saturated rings. The number of rotatable bonds is 7. The molecule has 1 aromatic heterocycles. The minimum absolute atomic E-state index is 0.137. The molecule has 0 aliphatic carbocycles. The molecule has 0 spiro atoms. The van der Waals surface area contributed by atoms with Gasteiger partial charge in [0.25, 0.3) is 0 Å². The van der Waals surface area contributed by atoms with Crippen molar-refractivity contribution in [2.75, 3.05) is 12.4 Å². The minimum Gasteiger partial charge on any atom is -0.453 e. The molecule has 1 aromatic carbocycles. The lowest BCUT2D eigenvalue weighted by molar-refractivity contribution is 0.185. The van der Waals surface area contributed by atoms with E-state index in [4.69, 9.17) is 14.9 Å². The smallest absolute Gasteiger partial charge is 0.413 e. The van der Waals surface area contributed by atoms with Crippen LogP contribution in [0, 0.1) is 0 Å². The monoisotopic (exact) mass is 356 g/mol. The molecule has 1 unspecified atom stereocenters. The van der Waals surface area contributed by atoms with E-state index in [0.717, 1.165) is 24.8 Å². The minimum atomic E-state index is -4.16. The van der Waals surface area contributed by atoms with Crippen LogP contribution in [0.4, 0.5) is 10.7 Å². The Bertz CT molecular complexity index is 770. The molecule has 2 rings (SSSR count). The number of aromatic nitrogens is 2. The molecule has 0 bridgehead atoms. The Kier molecular flexibility index (Phi) is 5.95. The van der Waals surface area contributed by atoms with Gasteiger partial charge in [0.1, 0.15) is 6.73 Å². The summed E-state index contributed by atoms with van der Waals surface area (Å²) in [4.78, 5) is 24.9. The van der Waals surface area contributed by atoms with Crippen molar-refractivity contribution in [3.8, 4) is 0 Å². The molecular formula is C14H21N4O5P. The number of carbonyl (C=O) groups is 1. The molecule has 1 amide bonds. The van der Waals surface area contributed by atoms with Crippen molar-refractivity contribution in [1.29, 1.82) is 0 Å². The number of amides is 1. The average molecular weight is 356 g/mol. The third-order valence-corrected chi connectivity index (χ3v) is 3.89. The number of methoxy groups -OCH3 is 1. The second-order valence-corrected chi connectivity index (χ2v) is 6.62. The summed E-state index contributed by atoms with van der Waals surface area (Å²) >= 11 is 0. The van der Waals surface area contributed by atoms with Gasteiger partial charge in [-0.2, -0.15) is 0 Å². The molecule has 0 saturated heterocycles. The zero-order valence-electron chi connectivity index (χ0n) is 13.6. The number of benzene rings is 1. The summed E-state index contributed by atoms with van der Waals surface area (Å²) in [6, 6.07) is 5.67.